The molecular formula is C15H21N3O. The van der Waals surface area contributed by atoms with Crippen molar-refractivity contribution < 1.29 is 4.52 Å². The maximum absolute atomic E-state index is 5.32. The molecule has 0 bridgehead atoms. The molecule has 2 rings (SSSR count). The van der Waals surface area contributed by atoms with E-state index < -0.39 is 0 Å². The van der Waals surface area contributed by atoms with E-state index in [9.17, 15) is 0 Å². The minimum Gasteiger partial charge on any atom is -0.339 e. The van der Waals surface area contributed by atoms with E-state index in [2.05, 4.69) is 60.5 Å². The standard InChI is InChI=1S/C15H21N3O/c1-4-16-10-12(3)15-17-14(18-19-15)9-13-7-5-11(2)6-8-13/h5-8,12,16H,4,9-10H2,1-3H3. The second-order valence-corrected chi connectivity index (χ2v) is 4.92. The molecule has 102 valence electrons. The van der Waals surface area contributed by atoms with E-state index in [4.69, 9.17) is 4.52 Å². The summed E-state index contributed by atoms with van der Waals surface area (Å²) in [5.74, 6) is 1.71. The molecule has 0 aliphatic rings. The number of likely N-dealkylation sites (N-methyl/N-ethyl adjacent to an activating group) is 1. The second-order valence-electron chi connectivity index (χ2n) is 4.92. The Balaban J connectivity index is 1.98. The van der Waals surface area contributed by atoms with Crippen LogP contribution >= 0.6 is 0 Å². The van der Waals surface area contributed by atoms with Gasteiger partial charge in [0.2, 0.25) is 5.89 Å². The minimum absolute atomic E-state index is 0.249. The van der Waals surface area contributed by atoms with Gasteiger partial charge in [-0.2, -0.15) is 4.98 Å². The van der Waals surface area contributed by atoms with Crippen LogP contribution in [0, 0.1) is 6.92 Å². The topological polar surface area (TPSA) is 51.0 Å². The van der Waals surface area contributed by atoms with Gasteiger partial charge in [-0.3, -0.25) is 0 Å². The zero-order chi connectivity index (χ0) is 13.7. The Hall–Kier alpha value is -1.68. The molecule has 1 N–H and O–H groups in total. The van der Waals surface area contributed by atoms with E-state index in [1.165, 1.54) is 11.1 Å². The van der Waals surface area contributed by atoms with Gasteiger partial charge in [0, 0.05) is 18.9 Å². The molecule has 0 spiro atoms. The molecule has 1 heterocycles. The lowest BCUT2D eigenvalue weighted by atomic mass is 10.1. The number of hydrogen-bond donors (Lipinski definition) is 1. The first-order valence-electron chi connectivity index (χ1n) is 6.77. The molecule has 0 fully saturated rings. The Morgan fingerprint density at radius 3 is 2.68 bits per heavy atom. The molecule has 0 amide bonds. The van der Waals surface area contributed by atoms with Crippen molar-refractivity contribution in [2.24, 2.45) is 0 Å². The smallest absolute Gasteiger partial charge is 0.230 e. The number of rotatable bonds is 6. The largest absolute Gasteiger partial charge is 0.339 e. The quantitative estimate of drug-likeness (QED) is 0.866. The average molecular weight is 259 g/mol. The average Bonchev–Trinajstić information content (AvgIpc) is 2.87. The fourth-order valence-electron chi connectivity index (χ4n) is 1.88. The zero-order valence-corrected chi connectivity index (χ0v) is 11.8. The third-order valence-corrected chi connectivity index (χ3v) is 3.09. The predicted octanol–water partition coefficient (Wildman–Crippen LogP) is 2.68. The second kappa shape index (κ2) is 6.48. The first-order valence-corrected chi connectivity index (χ1v) is 6.77. The molecule has 0 aliphatic heterocycles. The molecule has 1 unspecified atom stereocenters. The molecule has 0 saturated heterocycles. The fourth-order valence-corrected chi connectivity index (χ4v) is 1.88. The van der Waals surface area contributed by atoms with Crippen molar-refractivity contribution in [1.29, 1.82) is 0 Å². The summed E-state index contributed by atoms with van der Waals surface area (Å²) in [4.78, 5) is 4.46. The van der Waals surface area contributed by atoms with Crippen LogP contribution < -0.4 is 5.32 Å². The van der Waals surface area contributed by atoms with Crippen molar-refractivity contribution in [3.05, 3.63) is 47.1 Å². The minimum atomic E-state index is 0.249. The van der Waals surface area contributed by atoms with E-state index >= 15 is 0 Å². The van der Waals surface area contributed by atoms with Gasteiger partial charge in [0.25, 0.3) is 0 Å². The zero-order valence-electron chi connectivity index (χ0n) is 11.8. The van der Waals surface area contributed by atoms with Gasteiger partial charge in [-0.1, -0.05) is 48.8 Å². The van der Waals surface area contributed by atoms with Crippen LogP contribution in [0.4, 0.5) is 0 Å². The SMILES string of the molecule is CCNCC(C)c1nc(Cc2ccc(C)cc2)no1. The number of benzene rings is 1. The van der Waals surface area contributed by atoms with Gasteiger partial charge in [-0.25, -0.2) is 0 Å². The lowest BCUT2D eigenvalue weighted by molar-refractivity contribution is 0.352. The number of aromatic nitrogens is 2. The summed E-state index contributed by atoms with van der Waals surface area (Å²) in [5, 5.41) is 7.33. The Labute approximate surface area is 114 Å². The predicted molar refractivity (Wildman–Crippen MR) is 75.2 cm³/mol. The van der Waals surface area contributed by atoms with Crippen molar-refractivity contribution in [1.82, 2.24) is 15.5 Å². The number of aryl methyl sites for hydroxylation is 1. The monoisotopic (exact) mass is 259 g/mol. The fraction of sp³-hybridized carbons (Fsp3) is 0.467. The summed E-state index contributed by atoms with van der Waals surface area (Å²) in [5.41, 5.74) is 2.47. The third-order valence-electron chi connectivity index (χ3n) is 3.09. The summed E-state index contributed by atoms with van der Waals surface area (Å²) in [7, 11) is 0. The number of nitrogens with one attached hydrogen (secondary N) is 1. The summed E-state index contributed by atoms with van der Waals surface area (Å²) in [6.45, 7) is 8.07. The van der Waals surface area contributed by atoms with Gasteiger partial charge in [-0.15, -0.1) is 0 Å². The highest BCUT2D eigenvalue weighted by Gasteiger charge is 2.13. The Morgan fingerprint density at radius 2 is 2.00 bits per heavy atom. The molecule has 2 aromatic rings. The molecule has 19 heavy (non-hydrogen) atoms. The third kappa shape index (κ3) is 3.89. The van der Waals surface area contributed by atoms with Gasteiger partial charge in [0.05, 0.1) is 0 Å². The molecular weight excluding hydrogens is 238 g/mol. The maximum Gasteiger partial charge on any atom is 0.230 e. The molecule has 0 aliphatic carbocycles. The molecule has 1 aromatic carbocycles. The molecule has 1 atom stereocenters. The highest BCUT2D eigenvalue weighted by Crippen LogP contribution is 2.14. The van der Waals surface area contributed by atoms with Gasteiger partial charge in [0.15, 0.2) is 5.82 Å². The number of nitrogens with zero attached hydrogens (tertiary/aromatic N) is 2. The van der Waals surface area contributed by atoms with E-state index in [1.54, 1.807) is 0 Å². The van der Waals surface area contributed by atoms with Crippen LogP contribution in [0.2, 0.25) is 0 Å². The molecule has 4 heteroatoms. The number of hydrogen-bond acceptors (Lipinski definition) is 4. The van der Waals surface area contributed by atoms with Gasteiger partial charge in [0.1, 0.15) is 0 Å². The van der Waals surface area contributed by atoms with Crippen molar-refractivity contribution in [2.45, 2.75) is 33.1 Å². The van der Waals surface area contributed by atoms with Crippen LogP contribution in [0.3, 0.4) is 0 Å². The van der Waals surface area contributed by atoms with E-state index in [0.717, 1.165) is 25.3 Å². The summed E-state index contributed by atoms with van der Waals surface area (Å²) in [6, 6.07) is 8.41. The highest BCUT2D eigenvalue weighted by molar-refractivity contribution is 5.23. The van der Waals surface area contributed by atoms with Gasteiger partial charge in [-0.05, 0) is 19.0 Å². The normalized spacial score (nSPS) is 12.6. The molecule has 0 radical (unpaired) electrons. The Kier molecular flexibility index (Phi) is 4.68. The van der Waals surface area contributed by atoms with Gasteiger partial charge < -0.3 is 9.84 Å². The van der Waals surface area contributed by atoms with Crippen molar-refractivity contribution in [3.8, 4) is 0 Å². The van der Waals surface area contributed by atoms with Crippen LogP contribution in [0.1, 0.15) is 42.6 Å². The van der Waals surface area contributed by atoms with E-state index in [0.29, 0.717) is 5.89 Å². The Bertz CT molecular complexity index is 504. The molecule has 4 nitrogen and oxygen atoms in total. The van der Waals surface area contributed by atoms with E-state index in [-0.39, 0.29) is 5.92 Å². The first-order chi connectivity index (χ1) is 9.19. The summed E-state index contributed by atoms with van der Waals surface area (Å²) >= 11 is 0. The molecule has 1 aromatic heterocycles. The van der Waals surface area contributed by atoms with E-state index in [1.807, 2.05) is 0 Å². The van der Waals surface area contributed by atoms with Crippen LogP contribution in [-0.2, 0) is 6.42 Å². The van der Waals surface area contributed by atoms with Crippen LogP contribution in [0.25, 0.3) is 0 Å². The summed E-state index contributed by atoms with van der Waals surface area (Å²) in [6.07, 6.45) is 0.720. The van der Waals surface area contributed by atoms with Crippen molar-refractivity contribution in [3.63, 3.8) is 0 Å². The lowest BCUT2D eigenvalue weighted by Gasteiger charge is -2.05. The van der Waals surface area contributed by atoms with Crippen LogP contribution in [-0.4, -0.2) is 23.2 Å². The maximum atomic E-state index is 5.32. The van der Waals surface area contributed by atoms with Crippen LogP contribution in [0.5, 0.6) is 0 Å². The first kappa shape index (κ1) is 13.7. The Morgan fingerprint density at radius 1 is 1.26 bits per heavy atom. The lowest BCUT2D eigenvalue weighted by Crippen LogP contribution is -2.19. The molecule has 0 saturated carbocycles. The summed E-state index contributed by atoms with van der Waals surface area (Å²) < 4.78 is 5.32. The van der Waals surface area contributed by atoms with Crippen molar-refractivity contribution in [2.75, 3.05) is 13.1 Å². The van der Waals surface area contributed by atoms with Crippen LogP contribution in [0.15, 0.2) is 28.8 Å². The van der Waals surface area contributed by atoms with Gasteiger partial charge >= 0.3 is 0 Å². The highest BCUT2D eigenvalue weighted by atomic mass is 16.5. The van der Waals surface area contributed by atoms with Crippen molar-refractivity contribution >= 4 is 0 Å².